The van der Waals surface area contributed by atoms with Gasteiger partial charge in [0.15, 0.2) is 5.65 Å². The van der Waals surface area contributed by atoms with Crippen LogP contribution in [-0.2, 0) is 21.4 Å². The number of anilines is 1. The van der Waals surface area contributed by atoms with E-state index in [9.17, 15) is 13.2 Å². The smallest absolute Gasteiger partial charge is 0.240 e. The molecule has 0 fully saturated rings. The maximum atomic E-state index is 12.7. The van der Waals surface area contributed by atoms with Crippen molar-refractivity contribution in [3.8, 4) is 11.3 Å². The molecular formula is C24H25N5O3S. The number of amides is 1. The Bertz CT molecular complexity index is 1410. The highest BCUT2D eigenvalue weighted by atomic mass is 32.2. The first-order chi connectivity index (χ1) is 15.8. The number of hydrogen-bond acceptors (Lipinski definition) is 5. The van der Waals surface area contributed by atoms with Crippen molar-refractivity contribution in [2.45, 2.75) is 32.2 Å². The Morgan fingerprint density at radius 1 is 1.12 bits per heavy atom. The number of fused-ring (bicyclic) bond motifs is 1. The summed E-state index contributed by atoms with van der Waals surface area (Å²) in [6.45, 7) is 6.00. The van der Waals surface area contributed by atoms with Gasteiger partial charge in [0, 0.05) is 43.0 Å². The van der Waals surface area contributed by atoms with Gasteiger partial charge in [-0.25, -0.2) is 22.6 Å². The van der Waals surface area contributed by atoms with E-state index in [0.29, 0.717) is 17.8 Å². The number of aromatic nitrogens is 3. The van der Waals surface area contributed by atoms with Crippen molar-refractivity contribution in [3.05, 3.63) is 78.1 Å². The fourth-order valence-corrected chi connectivity index (χ4v) is 4.68. The van der Waals surface area contributed by atoms with E-state index in [4.69, 9.17) is 0 Å². The average molecular weight is 464 g/mol. The number of sulfonamides is 1. The molecule has 0 radical (unpaired) electrons. The number of nitrogens with one attached hydrogen (secondary N) is 1. The molecule has 33 heavy (non-hydrogen) atoms. The van der Waals surface area contributed by atoms with Gasteiger partial charge in [0.1, 0.15) is 0 Å². The van der Waals surface area contributed by atoms with Gasteiger partial charge in [-0.05, 0) is 44.2 Å². The largest absolute Gasteiger partial charge is 0.313 e. The minimum absolute atomic E-state index is 0.0308. The molecule has 8 nitrogen and oxygen atoms in total. The molecule has 0 unspecified atom stereocenters. The van der Waals surface area contributed by atoms with E-state index in [1.807, 2.05) is 44.2 Å². The molecule has 2 aromatic heterocycles. The highest BCUT2D eigenvalue weighted by Crippen LogP contribution is 2.26. The summed E-state index contributed by atoms with van der Waals surface area (Å²) >= 11 is 0. The van der Waals surface area contributed by atoms with Crippen LogP contribution in [0.5, 0.6) is 0 Å². The molecule has 0 saturated carbocycles. The van der Waals surface area contributed by atoms with E-state index < -0.39 is 10.0 Å². The van der Waals surface area contributed by atoms with E-state index in [2.05, 4.69) is 14.8 Å². The molecule has 9 heteroatoms. The third-order valence-corrected chi connectivity index (χ3v) is 6.83. The minimum Gasteiger partial charge on any atom is -0.313 e. The molecule has 0 aliphatic carbocycles. The molecule has 170 valence electrons. The topological polar surface area (TPSA) is 96.7 Å². The van der Waals surface area contributed by atoms with Crippen LogP contribution in [0.15, 0.2) is 71.9 Å². The summed E-state index contributed by atoms with van der Waals surface area (Å²) in [5, 5.41) is 4.45. The fourth-order valence-electron chi connectivity index (χ4n) is 3.68. The Balaban J connectivity index is 1.64. The summed E-state index contributed by atoms with van der Waals surface area (Å²) in [6, 6.07) is 16.2. The lowest BCUT2D eigenvalue weighted by Crippen LogP contribution is -2.27. The lowest BCUT2D eigenvalue weighted by atomic mass is 10.1. The summed E-state index contributed by atoms with van der Waals surface area (Å²) in [5.41, 5.74) is 4.66. The first-order valence-corrected chi connectivity index (χ1v) is 12.0. The van der Waals surface area contributed by atoms with Gasteiger partial charge in [0.25, 0.3) is 0 Å². The fraction of sp³-hybridized carbons (Fsp3) is 0.208. The van der Waals surface area contributed by atoms with Crippen molar-refractivity contribution in [2.24, 2.45) is 0 Å². The zero-order valence-corrected chi connectivity index (χ0v) is 19.5. The molecule has 0 saturated heterocycles. The SMILES string of the molecule is CCN(C(C)=O)c1cccc(-c2ccnc3c(CNS(=O)(=O)c4ccc(C)cc4)cnn23)c1. The average Bonchev–Trinajstić information content (AvgIpc) is 3.22. The van der Waals surface area contributed by atoms with Crippen molar-refractivity contribution < 1.29 is 13.2 Å². The first-order valence-electron chi connectivity index (χ1n) is 10.6. The Morgan fingerprint density at radius 2 is 1.88 bits per heavy atom. The Hall–Kier alpha value is -3.56. The molecule has 2 heterocycles. The number of aryl methyl sites for hydroxylation is 1. The molecule has 4 rings (SSSR count). The van der Waals surface area contributed by atoms with Gasteiger partial charge >= 0.3 is 0 Å². The van der Waals surface area contributed by atoms with Crippen LogP contribution in [0.2, 0.25) is 0 Å². The first kappa shape index (κ1) is 22.6. The standard InChI is InChI=1S/C24H25N5O3S/c1-4-28(18(3)30)21-7-5-6-19(14-21)23-12-13-25-24-20(15-26-29(23)24)16-27-33(31,32)22-10-8-17(2)9-11-22/h5-15,27H,4,16H2,1-3H3. The van der Waals surface area contributed by atoms with Gasteiger partial charge in [-0.15, -0.1) is 0 Å². The van der Waals surface area contributed by atoms with E-state index in [1.54, 1.807) is 46.1 Å². The van der Waals surface area contributed by atoms with Gasteiger partial charge < -0.3 is 4.90 Å². The summed E-state index contributed by atoms with van der Waals surface area (Å²) in [7, 11) is -3.66. The van der Waals surface area contributed by atoms with Crippen LogP contribution in [0.25, 0.3) is 16.9 Å². The van der Waals surface area contributed by atoms with Crippen molar-refractivity contribution in [1.82, 2.24) is 19.3 Å². The minimum atomic E-state index is -3.66. The number of hydrogen-bond donors (Lipinski definition) is 1. The van der Waals surface area contributed by atoms with Crippen LogP contribution in [0.1, 0.15) is 25.0 Å². The summed E-state index contributed by atoms with van der Waals surface area (Å²) < 4.78 is 29.6. The van der Waals surface area contributed by atoms with Crippen LogP contribution in [0, 0.1) is 6.92 Å². The van der Waals surface area contributed by atoms with Crippen molar-refractivity contribution >= 4 is 27.3 Å². The van der Waals surface area contributed by atoms with Crippen molar-refractivity contribution in [2.75, 3.05) is 11.4 Å². The van der Waals surface area contributed by atoms with Gasteiger partial charge in [-0.2, -0.15) is 5.10 Å². The van der Waals surface area contributed by atoms with Gasteiger partial charge in [-0.1, -0.05) is 29.8 Å². The monoisotopic (exact) mass is 463 g/mol. The maximum Gasteiger partial charge on any atom is 0.240 e. The number of rotatable bonds is 7. The Morgan fingerprint density at radius 3 is 2.58 bits per heavy atom. The van der Waals surface area contributed by atoms with E-state index in [0.717, 1.165) is 22.5 Å². The lowest BCUT2D eigenvalue weighted by Gasteiger charge is -2.19. The Kier molecular flexibility index (Phi) is 6.26. The van der Waals surface area contributed by atoms with Crippen LogP contribution >= 0.6 is 0 Å². The predicted octanol–water partition coefficient (Wildman–Crippen LogP) is 3.56. The van der Waals surface area contributed by atoms with E-state index in [1.165, 1.54) is 6.92 Å². The molecule has 1 N–H and O–H groups in total. The number of nitrogens with zero attached hydrogens (tertiary/aromatic N) is 4. The molecule has 0 aliphatic rings. The predicted molar refractivity (Wildman–Crippen MR) is 127 cm³/mol. The van der Waals surface area contributed by atoms with Crippen LogP contribution in [0.4, 0.5) is 5.69 Å². The second kappa shape index (κ2) is 9.13. The molecule has 0 bridgehead atoms. The highest BCUT2D eigenvalue weighted by Gasteiger charge is 2.17. The number of carbonyl (C=O) groups excluding carboxylic acids is 1. The van der Waals surface area contributed by atoms with Crippen molar-refractivity contribution in [3.63, 3.8) is 0 Å². The molecule has 2 aromatic carbocycles. The molecule has 4 aromatic rings. The third kappa shape index (κ3) is 4.64. The second-order valence-electron chi connectivity index (χ2n) is 7.69. The van der Waals surface area contributed by atoms with Gasteiger partial charge in [0.05, 0.1) is 16.8 Å². The summed E-state index contributed by atoms with van der Waals surface area (Å²) in [5.74, 6) is -0.0308. The number of benzene rings is 2. The highest BCUT2D eigenvalue weighted by molar-refractivity contribution is 7.89. The third-order valence-electron chi connectivity index (χ3n) is 5.41. The Labute approximate surface area is 192 Å². The van der Waals surface area contributed by atoms with Gasteiger partial charge in [0.2, 0.25) is 15.9 Å². The van der Waals surface area contributed by atoms with Gasteiger partial charge in [-0.3, -0.25) is 4.79 Å². The molecule has 0 atom stereocenters. The van der Waals surface area contributed by atoms with Crippen molar-refractivity contribution in [1.29, 1.82) is 0 Å². The molecule has 1 amide bonds. The zero-order chi connectivity index (χ0) is 23.6. The normalized spacial score (nSPS) is 11.6. The summed E-state index contributed by atoms with van der Waals surface area (Å²) in [6.07, 6.45) is 3.28. The van der Waals surface area contributed by atoms with Crippen LogP contribution in [-0.4, -0.2) is 35.5 Å². The molecule has 0 spiro atoms. The quantitative estimate of drug-likeness (QED) is 0.452. The van der Waals surface area contributed by atoms with Crippen LogP contribution in [0.3, 0.4) is 0 Å². The lowest BCUT2D eigenvalue weighted by molar-refractivity contribution is -0.116. The second-order valence-corrected chi connectivity index (χ2v) is 9.45. The van der Waals surface area contributed by atoms with Crippen LogP contribution < -0.4 is 9.62 Å². The van der Waals surface area contributed by atoms with E-state index >= 15 is 0 Å². The molecular weight excluding hydrogens is 438 g/mol. The summed E-state index contributed by atoms with van der Waals surface area (Å²) in [4.78, 5) is 18.3. The maximum absolute atomic E-state index is 12.7. The van der Waals surface area contributed by atoms with E-state index in [-0.39, 0.29) is 17.3 Å². The zero-order valence-electron chi connectivity index (χ0n) is 18.7. The molecule has 0 aliphatic heterocycles. The number of carbonyl (C=O) groups is 1.